The van der Waals surface area contributed by atoms with Crippen LogP contribution in [0.15, 0.2) is 36.5 Å². The van der Waals surface area contributed by atoms with Crippen LogP contribution in [0.3, 0.4) is 0 Å². The lowest BCUT2D eigenvalue weighted by molar-refractivity contribution is -0.120. The first kappa shape index (κ1) is 15.1. The normalized spacial score (nSPS) is 12.1. The number of benzene rings is 1. The minimum Gasteiger partial charge on any atom is -0.358 e. The lowest BCUT2D eigenvalue weighted by atomic mass is 10.1. The number of hydrogen-bond acceptors (Lipinski definition) is 4. The van der Waals surface area contributed by atoms with Gasteiger partial charge < -0.3 is 5.32 Å². The average Bonchev–Trinajstić information content (AvgIpc) is 2.89. The third-order valence-electron chi connectivity index (χ3n) is 2.88. The lowest BCUT2D eigenvalue weighted by Crippen LogP contribution is -2.31. The fraction of sp³-hybridized carbons (Fsp3) is 0.333. The highest BCUT2D eigenvalue weighted by Gasteiger charge is 2.18. The van der Waals surface area contributed by atoms with Crippen molar-refractivity contribution < 1.29 is 4.79 Å². The topological polar surface area (TPSA) is 42.0 Å². The van der Waals surface area contributed by atoms with Crippen LogP contribution in [0.1, 0.15) is 15.4 Å². The van der Waals surface area contributed by atoms with Crippen molar-refractivity contribution >= 4 is 29.0 Å². The molecular weight excluding hydrogens is 288 g/mol. The minimum atomic E-state index is -0.0772. The second kappa shape index (κ2) is 7.45. The molecule has 0 aliphatic carbocycles. The van der Waals surface area contributed by atoms with Gasteiger partial charge in [-0.3, -0.25) is 4.79 Å². The van der Waals surface area contributed by atoms with Gasteiger partial charge in [-0.25, -0.2) is 4.98 Å². The van der Waals surface area contributed by atoms with E-state index in [0.29, 0.717) is 0 Å². The van der Waals surface area contributed by atoms with Crippen LogP contribution in [0.2, 0.25) is 0 Å². The van der Waals surface area contributed by atoms with Crippen molar-refractivity contribution in [2.75, 3.05) is 7.05 Å². The monoisotopic (exact) mass is 306 g/mol. The SMILES string of the molecule is CNC(=O)[C@@H](Cc1ccccc1)SCc1ncc(C)s1. The van der Waals surface area contributed by atoms with Gasteiger partial charge in [-0.15, -0.1) is 23.1 Å². The number of rotatable bonds is 6. The molecule has 0 aliphatic rings. The Bertz CT molecular complexity index is 554. The standard InChI is InChI=1S/C15H18N2OS2/c1-11-9-17-14(20-11)10-19-13(15(18)16-2)8-12-6-4-3-5-7-12/h3-7,9,13H,8,10H2,1-2H3,(H,16,18)/t13-/m1/s1. The Balaban J connectivity index is 1.98. The van der Waals surface area contributed by atoms with Crippen molar-refractivity contribution in [3.63, 3.8) is 0 Å². The molecule has 3 nitrogen and oxygen atoms in total. The van der Waals surface area contributed by atoms with Crippen molar-refractivity contribution in [1.29, 1.82) is 0 Å². The van der Waals surface area contributed by atoms with Gasteiger partial charge in [0.25, 0.3) is 0 Å². The number of carbonyl (C=O) groups excluding carboxylic acids is 1. The van der Waals surface area contributed by atoms with Crippen LogP contribution in [-0.2, 0) is 17.0 Å². The number of carbonyl (C=O) groups is 1. The maximum Gasteiger partial charge on any atom is 0.233 e. The van der Waals surface area contributed by atoms with E-state index < -0.39 is 0 Å². The van der Waals surface area contributed by atoms with Crippen LogP contribution < -0.4 is 5.32 Å². The van der Waals surface area contributed by atoms with Crippen LogP contribution in [0.4, 0.5) is 0 Å². The molecule has 0 fully saturated rings. The number of nitrogens with zero attached hydrogens (tertiary/aromatic N) is 1. The highest BCUT2D eigenvalue weighted by atomic mass is 32.2. The van der Waals surface area contributed by atoms with E-state index >= 15 is 0 Å². The third-order valence-corrected chi connectivity index (χ3v) is 5.20. The highest BCUT2D eigenvalue weighted by Crippen LogP contribution is 2.24. The summed E-state index contributed by atoms with van der Waals surface area (Å²) in [5.74, 6) is 0.857. The van der Waals surface area contributed by atoms with Gasteiger partial charge in [-0.1, -0.05) is 30.3 Å². The molecule has 0 unspecified atom stereocenters. The summed E-state index contributed by atoms with van der Waals surface area (Å²) in [6.07, 6.45) is 2.63. The van der Waals surface area contributed by atoms with Crippen LogP contribution >= 0.6 is 23.1 Å². The zero-order valence-corrected chi connectivity index (χ0v) is 13.3. The molecule has 1 heterocycles. The molecule has 1 aromatic carbocycles. The first-order valence-corrected chi connectivity index (χ1v) is 8.34. The largest absolute Gasteiger partial charge is 0.358 e. The van der Waals surface area contributed by atoms with Gasteiger partial charge in [0.2, 0.25) is 5.91 Å². The summed E-state index contributed by atoms with van der Waals surface area (Å²) < 4.78 is 0. The summed E-state index contributed by atoms with van der Waals surface area (Å²) in [7, 11) is 1.69. The molecule has 0 saturated heterocycles. The van der Waals surface area contributed by atoms with E-state index in [2.05, 4.69) is 22.4 Å². The number of nitrogens with one attached hydrogen (secondary N) is 1. The Labute approximate surface area is 127 Å². The molecule has 0 aliphatic heterocycles. The van der Waals surface area contributed by atoms with Crippen molar-refractivity contribution in [2.45, 2.75) is 24.3 Å². The van der Waals surface area contributed by atoms with E-state index in [0.717, 1.165) is 17.2 Å². The molecule has 20 heavy (non-hydrogen) atoms. The number of aryl methyl sites for hydroxylation is 1. The molecule has 1 amide bonds. The second-order valence-electron chi connectivity index (χ2n) is 4.47. The van der Waals surface area contributed by atoms with Crippen LogP contribution in [-0.4, -0.2) is 23.2 Å². The Morgan fingerprint density at radius 2 is 2.15 bits per heavy atom. The van der Waals surface area contributed by atoms with Gasteiger partial charge in [0.05, 0.1) is 5.25 Å². The molecule has 1 atom stereocenters. The Kier molecular flexibility index (Phi) is 5.61. The number of hydrogen-bond donors (Lipinski definition) is 1. The van der Waals surface area contributed by atoms with E-state index in [9.17, 15) is 4.79 Å². The average molecular weight is 306 g/mol. The van der Waals surface area contributed by atoms with Crippen LogP contribution in [0.25, 0.3) is 0 Å². The minimum absolute atomic E-state index is 0.0760. The molecule has 1 N–H and O–H groups in total. The summed E-state index contributed by atoms with van der Waals surface area (Å²) in [4.78, 5) is 17.5. The van der Waals surface area contributed by atoms with E-state index in [-0.39, 0.29) is 11.2 Å². The van der Waals surface area contributed by atoms with Crippen LogP contribution in [0, 0.1) is 6.92 Å². The molecule has 1 aromatic heterocycles. The van der Waals surface area contributed by atoms with Gasteiger partial charge >= 0.3 is 0 Å². The molecule has 5 heteroatoms. The van der Waals surface area contributed by atoms with Crippen molar-refractivity contribution in [2.24, 2.45) is 0 Å². The molecule has 106 valence electrons. The third kappa shape index (κ3) is 4.35. The smallest absolute Gasteiger partial charge is 0.233 e. The number of amides is 1. The summed E-state index contributed by atoms with van der Waals surface area (Å²) >= 11 is 3.34. The molecule has 0 saturated carbocycles. The van der Waals surface area contributed by atoms with Gasteiger partial charge in [-0.2, -0.15) is 0 Å². The Hall–Kier alpha value is -1.33. The van der Waals surface area contributed by atoms with Crippen molar-refractivity contribution in [3.05, 3.63) is 52.0 Å². The van der Waals surface area contributed by atoms with Crippen molar-refractivity contribution in [3.8, 4) is 0 Å². The van der Waals surface area contributed by atoms with Crippen molar-refractivity contribution in [1.82, 2.24) is 10.3 Å². The Morgan fingerprint density at radius 1 is 1.40 bits per heavy atom. The number of thiazole rings is 1. The van der Waals surface area contributed by atoms with Crippen LogP contribution in [0.5, 0.6) is 0 Å². The quantitative estimate of drug-likeness (QED) is 0.892. The maximum atomic E-state index is 12.0. The first-order valence-electron chi connectivity index (χ1n) is 6.47. The zero-order valence-electron chi connectivity index (χ0n) is 11.6. The van der Waals surface area contributed by atoms with Gasteiger partial charge in [0.15, 0.2) is 0 Å². The number of thioether (sulfide) groups is 1. The number of aromatic nitrogens is 1. The molecule has 0 bridgehead atoms. The fourth-order valence-electron chi connectivity index (χ4n) is 1.86. The van der Waals surface area contributed by atoms with E-state index in [1.165, 1.54) is 10.4 Å². The lowest BCUT2D eigenvalue weighted by Gasteiger charge is -2.14. The second-order valence-corrected chi connectivity index (χ2v) is 6.98. The van der Waals surface area contributed by atoms with E-state index in [4.69, 9.17) is 0 Å². The maximum absolute atomic E-state index is 12.0. The molecule has 2 rings (SSSR count). The molecule has 0 spiro atoms. The van der Waals surface area contributed by atoms with Gasteiger partial charge in [0, 0.05) is 23.9 Å². The van der Waals surface area contributed by atoms with Gasteiger partial charge in [-0.05, 0) is 18.9 Å². The zero-order chi connectivity index (χ0) is 14.4. The molecule has 2 aromatic rings. The summed E-state index contributed by atoms with van der Waals surface area (Å²) in [5, 5.41) is 3.75. The Morgan fingerprint density at radius 3 is 2.75 bits per heavy atom. The molecular formula is C15H18N2OS2. The van der Waals surface area contributed by atoms with E-state index in [1.54, 1.807) is 30.1 Å². The fourth-order valence-corrected chi connectivity index (χ4v) is 3.88. The predicted molar refractivity (Wildman–Crippen MR) is 86.1 cm³/mol. The predicted octanol–water partition coefficient (Wildman–Crippen LogP) is 3.04. The summed E-state index contributed by atoms with van der Waals surface area (Å²) in [6, 6.07) is 10.1. The highest BCUT2D eigenvalue weighted by molar-refractivity contribution is 7.99. The summed E-state index contributed by atoms with van der Waals surface area (Å²) in [5.41, 5.74) is 1.18. The first-order chi connectivity index (χ1) is 9.69. The summed E-state index contributed by atoms with van der Waals surface area (Å²) in [6.45, 7) is 2.05. The van der Waals surface area contributed by atoms with E-state index in [1.807, 2.05) is 31.3 Å². The molecule has 0 radical (unpaired) electrons. The van der Waals surface area contributed by atoms with Gasteiger partial charge in [0.1, 0.15) is 5.01 Å².